The van der Waals surface area contributed by atoms with Crippen LogP contribution >= 0.6 is 23.4 Å². The predicted molar refractivity (Wildman–Crippen MR) is 80.2 cm³/mol. The third kappa shape index (κ3) is 4.08. The van der Waals surface area contributed by atoms with Gasteiger partial charge in [0.15, 0.2) is 5.75 Å². The van der Waals surface area contributed by atoms with Gasteiger partial charge < -0.3 is 4.74 Å². The number of hydrogen-bond acceptors (Lipinski definition) is 4. The Balaban J connectivity index is 2.31. The molecule has 2 rings (SSSR count). The van der Waals surface area contributed by atoms with Gasteiger partial charge in [-0.3, -0.25) is 10.1 Å². The van der Waals surface area contributed by atoms with E-state index in [1.54, 1.807) is 0 Å². The van der Waals surface area contributed by atoms with Crippen LogP contribution in [0.5, 0.6) is 5.75 Å². The van der Waals surface area contributed by atoms with Crippen LogP contribution in [0.25, 0.3) is 0 Å². The Morgan fingerprint density at radius 3 is 2.43 bits per heavy atom. The fourth-order valence-electron chi connectivity index (χ4n) is 1.76. The fourth-order valence-corrected chi connectivity index (χ4v) is 2.90. The van der Waals surface area contributed by atoms with Crippen LogP contribution in [0.1, 0.15) is 5.56 Å². The first-order valence-corrected chi connectivity index (χ1v) is 7.29. The zero-order chi connectivity index (χ0) is 17.2. The third-order valence-electron chi connectivity index (χ3n) is 2.83. The van der Waals surface area contributed by atoms with Crippen molar-refractivity contribution >= 4 is 29.1 Å². The molecular weight excluding hydrogens is 355 g/mol. The molecule has 0 N–H and O–H groups in total. The molecule has 23 heavy (non-hydrogen) atoms. The summed E-state index contributed by atoms with van der Waals surface area (Å²) < 4.78 is 42.7. The molecule has 0 aliphatic heterocycles. The van der Waals surface area contributed by atoms with Crippen LogP contribution in [0.3, 0.4) is 0 Å². The van der Waals surface area contributed by atoms with E-state index in [-0.39, 0.29) is 16.5 Å². The molecule has 2 aromatic rings. The van der Waals surface area contributed by atoms with Crippen molar-refractivity contribution < 1.29 is 22.8 Å². The Bertz CT molecular complexity index is 753. The summed E-state index contributed by atoms with van der Waals surface area (Å²) in [5.74, 6) is 0.0584. The second-order valence-electron chi connectivity index (χ2n) is 4.34. The zero-order valence-electron chi connectivity index (χ0n) is 11.6. The molecule has 0 aliphatic carbocycles. The highest BCUT2D eigenvalue weighted by Crippen LogP contribution is 2.40. The minimum absolute atomic E-state index is 0.0536. The van der Waals surface area contributed by atoms with Crippen molar-refractivity contribution in [3.63, 3.8) is 0 Å². The largest absolute Gasteiger partial charge is 0.490 e. The summed E-state index contributed by atoms with van der Waals surface area (Å²) in [6.45, 7) is 0. The Kier molecular flexibility index (Phi) is 5.06. The quantitative estimate of drug-likeness (QED) is 0.537. The molecule has 0 heterocycles. The lowest BCUT2D eigenvalue weighted by Gasteiger charge is -2.10. The molecule has 0 fully saturated rings. The van der Waals surface area contributed by atoms with Gasteiger partial charge in [0, 0.05) is 21.9 Å². The molecule has 0 aromatic heterocycles. The Hall–Kier alpha value is -1.93. The number of nitro benzene ring substituents is 1. The first-order valence-electron chi connectivity index (χ1n) is 6.09. The number of hydrogen-bond donors (Lipinski definition) is 0. The molecular formula is C14H9ClF3NO3S. The van der Waals surface area contributed by atoms with Gasteiger partial charge in [-0.05, 0) is 24.3 Å². The molecule has 0 bridgehead atoms. The summed E-state index contributed by atoms with van der Waals surface area (Å²) in [6.07, 6.45) is -4.47. The Labute approximate surface area is 138 Å². The van der Waals surface area contributed by atoms with Crippen molar-refractivity contribution in [2.24, 2.45) is 0 Å². The van der Waals surface area contributed by atoms with Gasteiger partial charge in [0.05, 0.1) is 22.6 Å². The Morgan fingerprint density at radius 2 is 1.91 bits per heavy atom. The second-order valence-corrected chi connectivity index (χ2v) is 5.86. The molecule has 0 saturated heterocycles. The van der Waals surface area contributed by atoms with Crippen LogP contribution in [0.15, 0.2) is 46.2 Å². The number of ether oxygens (including phenoxy) is 1. The van der Waals surface area contributed by atoms with Crippen LogP contribution < -0.4 is 4.74 Å². The summed E-state index contributed by atoms with van der Waals surface area (Å²) in [5.41, 5.74) is -1.04. The number of nitro groups is 1. The summed E-state index contributed by atoms with van der Waals surface area (Å²) >= 11 is 6.96. The van der Waals surface area contributed by atoms with Crippen LogP contribution in [-0.4, -0.2) is 12.0 Å². The van der Waals surface area contributed by atoms with E-state index in [2.05, 4.69) is 0 Å². The number of nitrogens with zero attached hydrogens (tertiary/aromatic N) is 1. The van der Waals surface area contributed by atoms with E-state index in [0.717, 1.165) is 23.9 Å². The molecule has 0 amide bonds. The summed E-state index contributed by atoms with van der Waals surface area (Å²) in [5, 5.41) is 10.8. The van der Waals surface area contributed by atoms with E-state index in [4.69, 9.17) is 16.3 Å². The average Bonchev–Trinajstić information content (AvgIpc) is 2.47. The van der Waals surface area contributed by atoms with Gasteiger partial charge in [-0.2, -0.15) is 13.2 Å². The topological polar surface area (TPSA) is 52.4 Å². The van der Waals surface area contributed by atoms with Crippen molar-refractivity contribution in [2.75, 3.05) is 7.11 Å². The molecule has 2 aromatic carbocycles. The van der Waals surface area contributed by atoms with Crippen molar-refractivity contribution in [3.8, 4) is 5.75 Å². The standard InChI is InChI=1S/C14H9ClF3NO3S/c1-22-12-7-9(3-4-11(12)19(20)21)23-13-5-2-8(6-10(13)15)14(16,17)18/h2-7H,1H3. The maximum absolute atomic E-state index is 12.6. The maximum atomic E-state index is 12.6. The van der Waals surface area contributed by atoms with Crippen LogP contribution in [0.2, 0.25) is 5.02 Å². The predicted octanol–water partition coefficient (Wildman–Crippen LogP) is 5.43. The van der Waals surface area contributed by atoms with Crippen molar-refractivity contribution in [1.82, 2.24) is 0 Å². The average molecular weight is 364 g/mol. The lowest BCUT2D eigenvalue weighted by Crippen LogP contribution is -2.04. The number of methoxy groups -OCH3 is 1. The van der Waals surface area contributed by atoms with Gasteiger partial charge in [-0.1, -0.05) is 23.4 Å². The maximum Gasteiger partial charge on any atom is 0.416 e. The first-order chi connectivity index (χ1) is 10.7. The smallest absolute Gasteiger partial charge is 0.416 e. The van der Waals surface area contributed by atoms with Gasteiger partial charge in [0.25, 0.3) is 0 Å². The van der Waals surface area contributed by atoms with E-state index in [9.17, 15) is 23.3 Å². The van der Waals surface area contributed by atoms with Crippen molar-refractivity contribution in [1.29, 1.82) is 0 Å². The van der Waals surface area contributed by atoms with E-state index in [0.29, 0.717) is 9.79 Å². The van der Waals surface area contributed by atoms with Crippen molar-refractivity contribution in [3.05, 3.63) is 57.1 Å². The van der Waals surface area contributed by atoms with Gasteiger partial charge in [0.2, 0.25) is 0 Å². The highest BCUT2D eigenvalue weighted by atomic mass is 35.5. The Morgan fingerprint density at radius 1 is 1.22 bits per heavy atom. The monoisotopic (exact) mass is 363 g/mol. The van der Waals surface area contributed by atoms with Gasteiger partial charge >= 0.3 is 11.9 Å². The zero-order valence-corrected chi connectivity index (χ0v) is 13.1. The number of alkyl halides is 3. The molecule has 0 atom stereocenters. The number of benzene rings is 2. The molecule has 0 radical (unpaired) electrons. The SMILES string of the molecule is COc1cc(Sc2ccc(C(F)(F)F)cc2Cl)ccc1[N+](=O)[O-]. The lowest BCUT2D eigenvalue weighted by molar-refractivity contribution is -0.385. The third-order valence-corrected chi connectivity index (χ3v) is 4.33. The molecule has 0 aliphatic rings. The first kappa shape index (κ1) is 17.4. The summed E-state index contributed by atoms with van der Waals surface area (Å²) in [4.78, 5) is 11.2. The lowest BCUT2D eigenvalue weighted by atomic mass is 10.2. The summed E-state index contributed by atoms with van der Waals surface area (Å²) in [7, 11) is 1.29. The van der Waals surface area contributed by atoms with Gasteiger partial charge in [-0.15, -0.1) is 0 Å². The summed E-state index contributed by atoms with van der Waals surface area (Å²) in [6, 6.07) is 7.18. The highest BCUT2D eigenvalue weighted by Gasteiger charge is 2.31. The number of rotatable bonds is 4. The van der Waals surface area contributed by atoms with E-state index >= 15 is 0 Å². The molecule has 9 heteroatoms. The molecule has 0 unspecified atom stereocenters. The molecule has 122 valence electrons. The van der Waals surface area contributed by atoms with Crippen LogP contribution in [0, 0.1) is 10.1 Å². The van der Waals surface area contributed by atoms with Crippen LogP contribution in [0.4, 0.5) is 18.9 Å². The molecule has 4 nitrogen and oxygen atoms in total. The van der Waals surface area contributed by atoms with Crippen molar-refractivity contribution in [2.45, 2.75) is 16.0 Å². The highest BCUT2D eigenvalue weighted by molar-refractivity contribution is 7.99. The normalized spacial score (nSPS) is 11.3. The van der Waals surface area contributed by atoms with Gasteiger partial charge in [0.1, 0.15) is 0 Å². The molecule has 0 spiro atoms. The van der Waals surface area contributed by atoms with E-state index < -0.39 is 16.7 Å². The minimum atomic E-state index is -4.47. The van der Waals surface area contributed by atoms with E-state index in [1.165, 1.54) is 31.4 Å². The fraction of sp³-hybridized carbons (Fsp3) is 0.143. The minimum Gasteiger partial charge on any atom is -0.490 e. The van der Waals surface area contributed by atoms with Gasteiger partial charge in [-0.25, -0.2) is 0 Å². The molecule has 0 saturated carbocycles. The second kappa shape index (κ2) is 6.67. The number of halogens is 4. The van der Waals surface area contributed by atoms with E-state index in [1.807, 2.05) is 0 Å². The van der Waals surface area contributed by atoms with Crippen LogP contribution in [-0.2, 0) is 6.18 Å².